The number of ether oxygens (including phenoxy) is 2. The van der Waals surface area contributed by atoms with Gasteiger partial charge in [0.15, 0.2) is 0 Å². The van der Waals surface area contributed by atoms with Crippen LogP contribution in [-0.4, -0.2) is 70.4 Å². The quantitative estimate of drug-likeness (QED) is 0.348. The number of halogens is 2. The summed E-state index contributed by atoms with van der Waals surface area (Å²) in [6.45, 7) is 17.4. The molecule has 2 aliphatic rings. The van der Waals surface area contributed by atoms with E-state index in [1.54, 1.807) is 9.80 Å². The standard InChI is InChI=1S/C11H19BrFNO2.C11H19NO2/c1-10(2,3)16-9(15)14-6-4-11(13,8-12)5-7-14;1-9-5-7-12(8-6-9)10(13)14-11(2,3)4/h4-8H2,1-3H3;1,5-8H2,2-4H3. The van der Waals surface area contributed by atoms with E-state index in [-0.39, 0.29) is 12.2 Å². The molecule has 0 aromatic heterocycles. The van der Waals surface area contributed by atoms with Gasteiger partial charge in [0, 0.05) is 44.4 Å². The van der Waals surface area contributed by atoms with Crippen LogP contribution in [0.1, 0.15) is 67.2 Å². The van der Waals surface area contributed by atoms with Crippen LogP contribution < -0.4 is 0 Å². The number of carbonyl (C=O) groups is 2. The van der Waals surface area contributed by atoms with Crippen LogP contribution in [-0.2, 0) is 9.47 Å². The smallest absolute Gasteiger partial charge is 0.410 e. The minimum atomic E-state index is -1.17. The maximum atomic E-state index is 13.9. The van der Waals surface area contributed by atoms with Gasteiger partial charge in [0.2, 0.25) is 0 Å². The summed E-state index contributed by atoms with van der Waals surface area (Å²) in [7, 11) is 0. The van der Waals surface area contributed by atoms with Crippen LogP contribution >= 0.6 is 15.9 Å². The Morgan fingerprint density at radius 2 is 1.30 bits per heavy atom. The van der Waals surface area contributed by atoms with Crippen molar-refractivity contribution in [3.63, 3.8) is 0 Å². The van der Waals surface area contributed by atoms with Crippen LogP contribution in [0, 0.1) is 0 Å². The first-order chi connectivity index (χ1) is 13.6. The zero-order chi connectivity index (χ0) is 23.2. The molecule has 2 rings (SSSR count). The highest BCUT2D eigenvalue weighted by Gasteiger charge is 2.36. The number of rotatable bonds is 1. The van der Waals surface area contributed by atoms with E-state index in [1.807, 2.05) is 41.5 Å². The van der Waals surface area contributed by atoms with Crippen LogP contribution in [0.15, 0.2) is 12.2 Å². The van der Waals surface area contributed by atoms with Gasteiger partial charge in [0.25, 0.3) is 0 Å². The molecule has 2 heterocycles. The van der Waals surface area contributed by atoms with Crippen LogP contribution in [0.2, 0.25) is 0 Å². The average molecular weight is 493 g/mol. The summed E-state index contributed by atoms with van der Waals surface area (Å²) in [5.41, 5.74) is -0.828. The van der Waals surface area contributed by atoms with Crippen molar-refractivity contribution in [3.05, 3.63) is 12.2 Å². The molecule has 0 spiro atoms. The van der Waals surface area contributed by atoms with Crippen molar-refractivity contribution >= 4 is 28.1 Å². The molecule has 8 heteroatoms. The van der Waals surface area contributed by atoms with E-state index < -0.39 is 16.9 Å². The zero-order valence-corrected chi connectivity index (χ0v) is 20.9. The van der Waals surface area contributed by atoms with Crippen molar-refractivity contribution in [2.24, 2.45) is 0 Å². The summed E-state index contributed by atoms with van der Waals surface area (Å²) in [4.78, 5) is 26.6. The minimum Gasteiger partial charge on any atom is -0.444 e. The molecule has 0 aromatic rings. The Labute approximate surface area is 189 Å². The third-order valence-corrected chi connectivity index (χ3v) is 5.68. The Bertz CT molecular complexity index is 595. The molecular weight excluding hydrogens is 455 g/mol. The molecule has 0 unspecified atom stereocenters. The molecule has 0 N–H and O–H groups in total. The highest BCUT2D eigenvalue weighted by molar-refractivity contribution is 9.09. The molecule has 30 heavy (non-hydrogen) atoms. The maximum absolute atomic E-state index is 13.9. The number of hydrogen-bond acceptors (Lipinski definition) is 4. The number of amides is 2. The van der Waals surface area contributed by atoms with Gasteiger partial charge in [-0.05, 0) is 54.4 Å². The third-order valence-electron chi connectivity index (χ3n) is 4.67. The highest BCUT2D eigenvalue weighted by atomic mass is 79.9. The molecule has 2 fully saturated rings. The molecule has 2 saturated heterocycles. The lowest BCUT2D eigenvalue weighted by Crippen LogP contribution is -2.47. The fourth-order valence-corrected chi connectivity index (χ4v) is 3.44. The van der Waals surface area contributed by atoms with Crippen molar-refractivity contribution in [2.75, 3.05) is 31.5 Å². The molecule has 0 saturated carbocycles. The van der Waals surface area contributed by atoms with Crippen molar-refractivity contribution in [1.82, 2.24) is 9.80 Å². The van der Waals surface area contributed by atoms with Crippen molar-refractivity contribution in [1.29, 1.82) is 0 Å². The Balaban J connectivity index is 0.000000303. The van der Waals surface area contributed by atoms with E-state index in [2.05, 4.69) is 22.5 Å². The molecule has 0 aliphatic carbocycles. The number of piperidine rings is 2. The Hall–Kier alpha value is -1.31. The lowest BCUT2D eigenvalue weighted by atomic mass is 9.96. The summed E-state index contributed by atoms with van der Waals surface area (Å²) in [6.07, 6.45) is 2.00. The second kappa shape index (κ2) is 10.8. The van der Waals surface area contributed by atoms with Crippen molar-refractivity contribution in [3.8, 4) is 0 Å². The van der Waals surface area contributed by atoms with Gasteiger partial charge in [-0.3, -0.25) is 0 Å². The number of likely N-dealkylation sites (tertiary alicyclic amines) is 2. The lowest BCUT2D eigenvalue weighted by Gasteiger charge is -2.36. The molecule has 0 aromatic carbocycles. The van der Waals surface area contributed by atoms with Gasteiger partial charge in [0.1, 0.15) is 16.9 Å². The van der Waals surface area contributed by atoms with Gasteiger partial charge in [-0.2, -0.15) is 0 Å². The van der Waals surface area contributed by atoms with Crippen molar-refractivity contribution in [2.45, 2.75) is 84.1 Å². The van der Waals surface area contributed by atoms with E-state index >= 15 is 0 Å². The zero-order valence-electron chi connectivity index (χ0n) is 19.4. The summed E-state index contributed by atoms with van der Waals surface area (Å²) < 4.78 is 24.4. The summed E-state index contributed by atoms with van der Waals surface area (Å²) >= 11 is 3.16. The monoisotopic (exact) mass is 492 g/mol. The number of hydrogen-bond donors (Lipinski definition) is 0. The average Bonchev–Trinajstić information content (AvgIpc) is 2.60. The first-order valence-electron chi connectivity index (χ1n) is 10.5. The number of nitrogens with zero attached hydrogens (tertiary/aromatic N) is 2. The fraction of sp³-hybridized carbons (Fsp3) is 0.818. The van der Waals surface area contributed by atoms with Gasteiger partial charge >= 0.3 is 12.2 Å². The number of alkyl halides is 2. The van der Waals surface area contributed by atoms with Crippen LogP contribution in [0.25, 0.3) is 0 Å². The normalized spacial score (nSPS) is 19.5. The predicted octanol–water partition coefficient (Wildman–Crippen LogP) is 5.69. The summed E-state index contributed by atoms with van der Waals surface area (Å²) in [5, 5.41) is 0.335. The lowest BCUT2D eigenvalue weighted by molar-refractivity contribution is 0.00761. The van der Waals surface area contributed by atoms with E-state index in [1.165, 1.54) is 5.57 Å². The van der Waals surface area contributed by atoms with Crippen LogP contribution in [0.4, 0.5) is 14.0 Å². The maximum Gasteiger partial charge on any atom is 0.410 e. The topological polar surface area (TPSA) is 59.1 Å². The van der Waals surface area contributed by atoms with E-state index in [0.29, 0.717) is 31.3 Å². The highest BCUT2D eigenvalue weighted by Crippen LogP contribution is 2.29. The summed E-state index contributed by atoms with van der Waals surface area (Å²) in [6, 6.07) is 0. The van der Waals surface area contributed by atoms with Crippen LogP contribution in [0.3, 0.4) is 0 Å². The fourth-order valence-electron chi connectivity index (χ4n) is 2.88. The molecule has 0 bridgehead atoms. The molecular formula is C22H38BrFN2O4. The molecule has 0 atom stereocenters. The largest absolute Gasteiger partial charge is 0.444 e. The van der Waals surface area contributed by atoms with Gasteiger partial charge in [-0.25, -0.2) is 14.0 Å². The second-order valence-corrected chi connectivity index (χ2v) is 10.5. The van der Waals surface area contributed by atoms with E-state index in [4.69, 9.17) is 9.47 Å². The number of carbonyl (C=O) groups excluding carboxylic acids is 2. The summed E-state index contributed by atoms with van der Waals surface area (Å²) in [5.74, 6) is 0. The second-order valence-electron chi connectivity index (χ2n) is 9.97. The van der Waals surface area contributed by atoms with E-state index in [0.717, 1.165) is 25.9 Å². The van der Waals surface area contributed by atoms with Crippen molar-refractivity contribution < 1.29 is 23.5 Å². The molecule has 2 aliphatic heterocycles. The molecule has 6 nitrogen and oxygen atoms in total. The molecule has 174 valence electrons. The predicted molar refractivity (Wildman–Crippen MR) is 121 cm³/mol. The Kier molecular flexibility index (Phi) is 9.64. The van der Waals surface area contributed by atoms with Crippen LogP contribution in [0.5, 0.6) is 0 Å². The minimum absolute atomic E-state index is 0.204. The Morgan fingerprint density at radius 1 is 0.933 bits per heavy atom. The van der Waals surface area contributed by atoms with Gasteiger partial charge in [-0.15, -0.1) is 0 Å². The Morgan fingerprint density at radius 3 is 1.63 bits per heavy atom. The van der Waals surface area contributed by atoms with E-state index in [9.17, 15) is 14.0 Å². The molecule has 2 amide bonds. The van der Waals surface area contributed by atoms with Gasteiger partial charge in [0.05, 0.1) is 0 Å². The first kappa shape index (κ1) is 26.7. The molecule has 0 radical (unpaired) electrons. The first-order valence-corrected chi connectivity index (χ1v) is 11.6. The van der Waals surface area contributed by atoms with Gasteiger partial charge < -0.3 is 19.3 Å². The SMILES string of the molecule is C=C1CCN(C(=O)OC(C)(C)C)CC1.CC(C)(C)OC(=O)N1CCC(F)(CBr)CC1. The van der Waals surface area contributed by atoms with Gasteiger partial charge in [-0.1, -0.05) is 28.1 Å². The third kappa shape index (κ3) is 10.1.